The first-order chi connectivity index (χ1) is 11.1. The Hall–Kier alpha value is -2.02. The normalized spacial score (nSPS) is 15.3. The fourth-order valence-corrected chi connectivity index (χ4v) is 3.34. The van der Waals surface area contributed by atoms with Crippen LogP contribution in [0.2, 0.25) is 0 Å². The zero-order valence-electron chi connectivity index (χ0n) is 13.4. The fraction of sp³-hybridized carbons (Fsp3) is 0.438. The van der Waals surface area contributed by atoms with E-state index in [-0.39, 0.29) is 11.2 Å². The fourth-order valence-electron chi connectivity index (χ4n) is 2.38. The molecule has 1 amide bonds. The van der Waals surface area contributed by atoms with Gasteiger partial charge < -0.3 is 14.6 Å². The highest BCUT2D eigenvalue weighted by atomic mass is 32.2. The van der Waals surface area contributed by atoms with Gasteiger partial charge in [0.1, 0.15) is 11.6 Å². The maximum Gasteiger partial charge on any atom is 0.237 e. The van der Waals surface area contributed by atoms with Gasteiger partial charge in [0.25, 0.3) is 0 Å². The number of para-hydroxylation sites is 2. The minimum atomic E-state index is -0.277. The van der Waals surface area contributed by atoms with Gasteiger partial charge in [0, 0.05) is 6.04 Å². The molecule has 6 nitrogen and oxygen atoms in total. The molecule has 7 heteroatoms. The number of carbonyl (C=O) groups is 1. The maximum atomic E-state index is 12.4. The molecule has 1 aromatic carbocycles. The standard InChI is InChI=1S/C16H20N4O2S/c1-10(15(21)17-13-6-4-5-7-14(13)22-3)23-16-19-18-11(2)20(16)12-8-9-12/h4-7,10,12H,8-9H2,1-3H3,(H,17,21)/t10-/m0/s1. The molecule has 1 aliphatic carbocycles. The number of rotatable bonds is 6. The zero-order valence-corrected chi connectivity index (χ0v) is 14.3. The van der Waals surface area contributed by atoms with Crippen molar-refractivity contribution in [2.45, 2.75) is 43.1 Å². The first-order valence-electron chi connectivity index (χ1n) is 7.62. The molecule has 3 rings (SSSR count). The van der Waals surface area contributed by atoms with Crippen molar-refractivity contribution < 1.29 is 9.53 Å². The Morgan fingerprint density at radius 1 is 1.39 bits per heavy atom. The minimum absolute atomic E-state index is 0.0810. The average Bonchev–Trinajstić information content (AvgIpc) is 3.32. The summed E-state index contributed by atoms with van der Waals surface area (Å²) in [6.07, 6.45) is 2.32. The summed E-state index contributed by atoms with van der Waals surface area (Å²) in [6, 6.07) is 7.87. The van der Waals surface area contributed by atoms with Crippen LogP contribution in [0.15, 0.2) is 29.4 Å². The summed E-state index contributed by atoms with van der Waals surface area (Å²) in [6.45, 7) is 3.83. The second-order valence-corrected chi connectivity index (χ2v) is 6.89. The maximum absolute atomic E-state index is 12.4. The number of nitrogens with zero attached hydrogens (tertiary/aromatic N) is 3. The van der Waals surface area contributed by atoms with Crippen molar-refractivity contribution in [1.82, 2.24) is 14.8 Å². The number of aryl methyl sites for hydroxylation is 1. The highest BCUT2D eigenvalue weighted by Gasteiger charge is 2.29. The van der Waals surface area contributed by atoms with Crippen LogP contribution in [0.5, 0.6) is 5.75 Å². The van der Waals surface area contributed by atoms with Crippen LogP contribution in [-0.4, -0.2) is 33.0 Å². The number of ether oxygens (including phenoxy) is 1. The number of aromatic nitrogens is 3. The molecule has 0 unspecified atom stereocenters. The Bertz CT molecular complexity index is 712. The van der Waals surface area contributed by atoms with Crippen LogP contribution in [0.3, 0.4) is 0 Å². The molecular formula is C16H20N4O2S. The lowest BCUT2D eigenvalue weighted by molar-refractivity contribution is -0.115. The van der Waals surface area contributed by atoms with E-state index < -0.39 is 0 Å². The Labute approximate surface area is 139 Å². The Morgan fingerprint density at radius 3 is 2.83 bits per heavy atom. The lowest BCUT2D eigenvalue weighted by Gasteiger charge is -2.14. The van der Waals surface area contributed by atoms with Gasteiger partial charge in [0.15, 0.2) is 5.16 Å². The van der Waals surface area contributed by atoms with E-state index >= 15 is 0 Å². The summed E-state index contributed by atoms with van der Waals surface area (Å²) in [5.41, 5.74) is 0.673. The van der Waals surface area contributed by atoms with Crippen LogP contribution in [0.4, 0.5) is 5.69 Å². The van der Waals surface area contributed by atoms with E-state index in [0.29, 0.717) is 17.5 Å². The molecule has 1 atom stereocenters. The molecule has 1 fully saturated rings. The summed E-state index contributed by atoms with van der Waals surface area (Å²) in [4.78, 5) is 12.4. The van der Waals surface area contributed by atoms with Crippen molar-refractivity contribution >= 4 is 23.4 Å². The van der Waals surface area contributed by atoms with Gasteiger partial charge in [-0.1, -0.05) is 23.9 Å². The van der Waals surface area contributed by atoms with Crippen molar-refractivity contribution in [3.63, 3.8) is 0 Å². The highest BCUT2D eigenvalue weighted by molar-refractivity contribution is 8.00. The first-order valence-corrected chi connectivity index (χ1v) is 8.50. The summed E-state index contributed by atoms with van der Waals surface area (Å²) >= 11 is 1.44. The third kappa shape index (κ3) is 3.50. The number of hydrogen-bond donors (Lipinski definition) is 1. The van der Waals surface area contributed by atoms with Gasteiger partial charge in [0.05, 0.1) is 18.0 Å². The lowest BCUT2D eigenvalue weighted by Crippen LogP contribution is -2.23. The molecule has 0 spiro atoms. The summed E-state index contributed by atoms with van der Waals surface area (Å²) < 4.78 is 7.39. The van der Waals surface area contributed by atoms with E-state index in [1.165, 1.54) is 11.8 Å². The quantitative estimate of drug-likeness (QED) is 0.823. The molecule has 2 aromatic rings. The molecule has 1 heterocycles. The highest BCUT2D eigenvalue weighted by Crippen LogP contribution is 2.39. The number of benzene rings is 1. The number of carbonyl (C=O) groups excluding carboxylic acids is 1. The van der Waals surface area contributed by atoms with Crippen LogP contribution >= 0.6 is 11.8 Å². The third-order valence-corrected chi connectivity index (χ3v) is 4.82. The van der Waals surface area contributed by atoms with E-state index in [9.17, 15) is 4.79 Å². The summed E-state index contributed by atoms with van der Waals surface area (Å²) in [5, 5.41) is 11.8. The average molecular weight is 332 g/mol. The van der Waals surface area contributed by atoms with Gasteiger partial charge >= 0.3 is 0 Å². The van der Waals surface area contributed by atoms with Crippen LogP contribution in [0.1, 0.15) is 31.6 Å². The molecule has 0 radical (unpaired) electrons. The van der Waals surface area contributed by atoms with Crippen molar-refractivity contribution in [1.29, 1.82) is 0 Å². The van der Waals surface area contributed by atoms with E-state index in [0.717, 1.165) is 23.8 Å². The molecular weight excluding hydrogens is 312 g/mol. The van der Waals surface area contributed by atoms with Crippen molar-refractivity contribution in [2.75, 3.05) is 12.4 Å². The topological polar surface area (TPSA) is 69.0 Å². The molecule has 122 valence electrons. The van der Waals surface area contributed by atoms with Crippen molar-refractivity contribution in [3.05, 3.63) is 30.1 Å². The van der Waals surface area contributed by atoms with Crippen LogP contribution in [-0.2, 0) is 4.79 Å². The van der Waals surface area contributed by atoms with Gasteiger partial charge in [-0.15, -0.1) is 10.2 Å². The van der Waals surface area contributed by atoms with E-state index in [1.54, 1.807) is 7.11 Å². The lowest BCUT2D eigenvalue weighted by atomic mass is 10.3. The van der Waals surface area contributed by atoms with Crippen LogP contribution in [0, 0.1) is 6.92 Å². The van der Waals surface area contributed by atoms with Crippen LogP contribution < -0.4 is 10.1 Å². The molecule has 1 N–H and O–H groups in total. The molecule has 0 saturated heterocycles. The Balaban J connectivity index is 1.68. The summed E-state index contributed by atoms with van der Waals surface area (Å²) in [7, 11) is 1.59. The van der Waals surface area contributed by atoms with Crippen molar-refractivity contribution in [2.24, 2.45) is 0 Å². The molecule has 1 saturated carbocycles. The van der Waals surface area contributed by atoms with E-state index in [4.69, 9.17) is 4.74 Å². The predicted octanol–water partition coefficient (Wildman–Crippen LogP) is 3.05. The van der Waals surface area contributed by atoms with Gasteiger partial charge in [-0.2, -0.15) is 0 Å². The van der Waals surface area contributed by atoms with Gasteiger partial charge in [-0.25, -0.2) is 0 Å². The van der Waals surface area contributed by atoms with Gasteiger partial charge in [-0.05, 0) is 38.8 Å². The second-order valence-electron chi connectivity index (χ2n) is 5.58. The van der Waals surface area contributed by atoms with Crippen molar-refractivity contribution in [3.8, 4) is 5.75 Å². The number of anilines is 1. The monoisotopic (exact) mass is 332 g/mol. The van der Waals surface area contributed by atoms with Gasteiger partial charge in [-0.3, -0.25) is 4.79 Å². The zero-order chi connectivity index (χ0) is 16.4. The second kappa shape index (κ2) is 6.62. The minimum Gasteiger partial charge on any atom is -0.495 e. The number of nitrogens with one attached hydrogen (secondary N) is 1. The number of hydrogen-bond acceptors (Lipinski definition) is 5. The smallest absolute Gasteiger partial charge is 0.237 e. The van der Waals surface area contributed by atoms with E-state index in [1.807, 2.05) is 38.1 Å². The number of thioether (sulfide) groups is 1. The first kappa shape index (κ1) is 15.9. The predicted molar refractivity (Wildman–Crippen MR) is 90.0 cm³/mol. The molecule has 1 aliphatic rings. The van der Waals surface area contributed by atoms with E-state index in [2.05, 4.69) is 20.1 Å². The molecule has 0 aliphatic heterocycles. The molecule has 0 bridgehead atoms. The largest absolute Gasteiger partial charge is 0.495 e. The Morgan fingerprint density at radius 2 is 2.13 bits per heavy atom. The number of methoxy groups -OCH3 is 1. The third-order valence-electron chi connectivity index (χ3n) is 3.76. The van der Waals surface area contributed by atoms with Gasteiger partial charge in [0.2, 0.25) is 5.91 Å². The molecule has 23 heavy (non-hydrogen) atoms. The van der Waals surface area contributed by atoms with Crippen LogP contribution in [0.25, 0.3) is 0 Å². The Kier molecular flexibility index (Phi) is 4.56. The number of amides is 1. The summed E-state index contributed by atoms with van der Waals surface area (Å²) in [5.74, 6) is 1.48. The SMILES string of the molecule is COc1ccccc1NC(=O)[C@H](C)Sc1nnc(C)n1C1CC1. The molecule has 1 aromatic heterocycles.